The van der Waals surface area contributed by atoms with E-state index >= 15 is 0 Å². The molecule has 0 aliphatic rings. The number of aromatic nitrogens is 4. The van der Waals surface area contributed by atoms with Crippen molar-refractivity contribution in [2.45, 2.75) is 13.0 Å². The molecule has 0 aliphatic carbocycles. The lowest BCUT2D eigenvalue weighted by Gasteiger charge is -2.17. The van der Waals surface area contributed by atoms with E-state index in [-0.39, 0.29) is 0 Å². The normalized spacial score (nSPS) is 11.1. The summed E-state index contributed by atoms with van der Waals surface area (Å²) < 4.78 is 11.4. The van der Waals surface area contributed by atoms with Gasteiger partial charge >= 0.3 is 5.97 Å². The number of thiazole rings is 1. The van der Waals surface area contributed by atoms with Crippen LogP contribution in [-0.4, -0.2) is 82.9 Å². The first-order valence-electron chi connectivity index (χ1n) is 12.2. The average Bonchev–Trinajstić information content (AvgIpc) is 3.57. The molecule has 5 N–H and O–H groups in total. The van der Waals surface area contributed by atoms with Crippen LogP contribution < -0.4 is 25.4 Å². The van der Waals surface area contributed by atoms with Gasteiger partial charge in [-0.1, -0.05) is 0 Å². The largest absolute Gasteiger partial charge is 0.488 e. The highest BCUT2D eigenvalue weighted by Gasteiger charge is 2.15. The zero-order chi connectivity index (χ0) is 26.7. The Morgan fingerprint density at radius 1 is 1.18 bits per heavy atom. The van der Waals surface area contributed by atoms with Gasteiger partial charge in [-0.15, -0.1) is 11.3 Å². The van der Waals surface area contributed by atoms with Crippen LogP contribution >= 0.6 is 11.3 Å². The molecule has 0 spiro atoms. The maximum atomic E-state index is 11.2. The van der Waals surface area contributed by atoms with E-state index in [0.29, 0.717) is 36.2 Å². The van der Waals surface area contributed by atoms with Crippen LogP contribution in [0, 0.1) is 0 Å². The van der Waals surface area contributed by atoms with Gasteiger partial charge in [0.25, 0.3) is 0 Å². The van der Waals surface area contributed by atoms with Crippen LogP contribution in [-0.2, 0) is 11.3 Å². The maximum absolute atomic E-state index is 11.2. The Balaban J connectivity index is 1.48. The van der Waals surface area contributed by atoms with Crippen molar-refractivity contribution in [2.24, 2.45) is 0 Å². The van der Waals surface area contributed by atoms with Crippen molar-refractivity contribution in [3.63, 3.8) is 0 Å². The standard InChI is InChI=1S/C25H32N8O4S/c1-26-6-3-9-33(2)14-17-13-29-23-22(17)24(31-16-30-23)32-18-4-5-19(20(12-18)37-15-21(34)35)36-10-7-27-25-28-8-11-38-25/h4-5,8,11-13,16,26H,3,6-7,9-10,14-15H2,1-2H3,(H,27,28)(H,34,35)(H2,29,30,31,32). The molecule has 1 aromatic carbocycles. The molecule has 0 aliphatic heterocycles. The molecular formula is C25H32N8O4S. The summed E-state index contributed by atoms with van der Waals surface area (Å²) in [5.74, 6) is 0.319. The van der Waals surface area contributed by atoms with Crippen molar-refractivity contribution < 1.29 is 19.4 Å². The first-order valence-corrected chi connectivity index (χ1v) is 13.1. The van der Waals surface area contributed by atoms with Crippen LogP contribution in [0.2, 0.25) is 0 Å². The summed E-state index contributed by atoms with van der Waals surface area (Å²) in [6.07, 6.45) is 6.22. The number of nitrogens with one attached hydrogen (secondary N) is 4. The number of carboxylic acid groups (broad SMARTS) is 1. The Morgan fingerprint density at radius 3 is 2.87 bits per heavy atom. The molecule has 4 rings (SSSR count). The Hall–Kier alpha value is -3.94. The number of aliphatic carboxylic acids is 1. The number of carbonyl (C=O) groups is 1. The number of nitrogens with zero attached hydrogens (tertiary/aromatic N) is 4. The van der Waals surface area contributed by atoms with E-state index in [1.165, 1.54) is 17.7 Å². The first-order chi connectivity index (χ1) is 18.5. The summed E-state index contributed by atoms with van der Waals surface area (Å²) >= 11 is 1.50. The number of hydrogen-bond acceptors (Lipinski definition) is 11. The third-order valence-electron chi connectivity index (χ3n) is 5.58. The lowest BCUT2D eigenvalue weighted by Crippen LogP contribution is -2.22. The van der Waals surface area contributed by atoms with Gasteiger partial charge in [-0.05, 0) is 51.3 Å². The fraction of sp³-hybridized carbons (Fsp3) is 0.360. The molecule has 12 nitrogen and oxygen atoms in total. The predicted molar refractivity (Wildman–Crippen MR) is 148 cm³/mol. The SMILES string of the molecule is CNCCCN(C)Cc1c[nH]c2ncnc(Nc3ccc(OCCNc4nccs4)c(OCC(=O)O)c3)c12. The Labute approximate surface area is 224 Å². The monoisotopic (exact) mass is 540 g/mol. The van der Waals surface area contributed by atoms with Gasteiger partial charge in [0, 0.05) is 36.1 Å². The van der Waals surface area contributed by atoms with E-state index < -0.39 is 12.6 Å². The molecule has 0 amide bonds. The summed E-state index contributed by atoms with van der Waals surface area (Å²) in [5.41, 5.74) is 2.48. The summed E-state index contributed by atoms with van der Waals surface area (Å²) in [6.45, 7) is 3.04. The second-order valence-electron chi connectivity index (χ2n) is 8.54. The number of rotatable bonds is 16. The van der Waals surface area contributed by atoms with E-state index in [0.717, 1.165) is 47.8 Å². The molecule has 13 heteroatoms. The Morgan fingerprint density at radius 2 is 2.08 bits per heavy atom. The minimum absolute atomic E-state index is 0.315. The van der Waals surface area contributed by atoms with Gasteiger partial charge < -0.3 is 40.4 Å². The molecule has 0 saturated heterocycles. The zero-order valence-corrected chi connectivity index (χ0v) is 22.2. The van der Waals surface area contributed by atoms with Crippen molar-refractivity contribution in [3.05, 3.63) is 47.9 Å². The molecule has 38 heavy (non-hydrogen) atoms. The van der Waals surface area contributed by atoms with E-state index in [4.69, 9.17) is 14.6 Å². The number of aromatic amines is 1. The highest BCUT2D eigenvalue weighted by atomic mass is 32.1. The topological polar surface area (TPSA) is 150 Å². The van der Waals surface area contributed by atoms with E-state index in [1.54, 1.807) is 18.3 Å². The third-order valence-corrected chi connectivity index (χ3v) is 6.31. The molecule has 0 bridgehead atoms. The number of benzene rings is 1. The van der Waals surface area contributed by atoms with Crippen molar-refractivity contribution in [2.75, 3.05) is 57.6 Å². The highest BCUT2D eigenvalue weighted by Crippen LogP contribution is 2.33. The summed E-state index contributed by atoms with van der Waals surface area (Å²) in [4.78, 5) is 29.7. The van der Waals surface area contributed by atoms with Gasteiger partial charge in [-0.25, -0.2) is 19.7 Å². The quantitative estimate of drug-likeness (QED) is 0.133. The second-order valence-corrected chi connectivity index (χ2v) is 9.43. The molecule has 3 aromatic heterocycles. The highest BCUT2D eigenvalue weighted by molar-refractivity contribution is 7.13. The molecule has 0 radical (unpaired) electrons. The Kier molecular flexibility index (Phi) is 9.67. The summed E-state index contributed by atoms with van der Waals surface area (Å²) in [6, 6.07) is 5.28. The van der Waals surface area contributed by atoms with Gasteiger partial charge in [0.2, 0.25) is 0 Å². The van der Waals surface area contributed by atoms with Crippen molar-refractivity contribution in [3.8, 4) is 11.5 Å². The molecule has 0 atom stereocenters. The van der Waals surface area contributed by atoms with E-state index in [2.05, 4.69) is 47.8 Å². The fourth-order valence-corrected chi connectivity index (χ4v) is 4.42. The number of anilines is 3. The summed E-state index contributed by atoms with van der Waals surface area (Å²) in [5, 5.41) is 22.4. The van der Waals surface area contributed by atoms with Gasteiger partial charge in [-0.3, -0.25) is 0 Å². The molecular weight excluding hydrogens is 508 g/mol. The number of fused-ring (bicyclic) bond motifs is 1. The van der Waals surface area contributed by atoms with Gasteiger partial charge in [-0.2, -0.15) is 0 Å². The second kappa shape index (κ2) is 13.6. The fourth-order valence-electron chi connectivity index (χ4n) is 3.87. The van der Waals surface area contributed by atoms with Crippen molar-refractivity contribution in [1.29, 1.82) is 0 Å². The minimum Gasteiger partial charge on any atom is -0.488 e. The molecule has 202 valence electrons. The average molecular weight is 541 g/mol. The van der Waals surface area contributed by atoms with E-state index in [1.807, 2.05) is 24.7 Å². The van der Waals surface area contributed by atoms with Crippen molar-refractivity contribution in [1.82, 2.24) is 30.2 Å². The number of hydrogen-bond donors (Lipinski definition) is 5. The number of carboxylic acids is 1. The summed E-state index contributed by atoms with van der Waals surface area (Å²) in [7, 11) is 4.04. The van der Waals surface area contributed by atoms with Crippen molar-refractivity contribution >= 4 is 45.0 Å². The molecule has 3 heterocycles. The van der Waals surface area contributed by atoms with Gasteiger partial charge in [0.1, 0.15) is 24.4 Å². The predicted octanol–water partition coefficient (Wildman–Crippen LogP) is 3.15. The zero-order valence-electron chi connectivity index (χ0n) is 21.4. The van der Waals surface area contributed by atoms with Crippen LogP contribution in [0.1, 0.15) is 12.0 Å². The molecule has 0 saturated carbocycles. The smallest absolute Gasteiger partial charge is 0.341 e. The lowest BCUT2D eigenvalue weighted by atomic mass is 10.2. The van der Waals surface area contributed by atoms with Crippen LogP contribution in [0.4, 0.5) is 16.6 Å². The number of H-pyrrole nitrogens is 1. The lowest BCUT2D eigenvalue weighted by molar-refractivity contribution is -0.139. The first kappa shape index (κ1) is 27.1. The van der Waals surface area contributed by atoms with Crippen LogP contribution in [0.3, 0.4) is 0 Å². The molecule has 0 unspecified atom stereocenters. The van der Waals surface area contributed by atoms with Crippen LogP contribution in [0.25, 0.3) is 11.0 Å². The molecule has 4 aromatic rings. The van der Waals surface area contributed by atoms with E-state index in [9.17, 15) is 4.79 Å². The maximum Gasteiger partial charge on any atom is 0.341 e. The third kappa shape index (κ3) is 7.54. The van der Waals surface area contributed by atoms with Crippen LogP contribution in [0.5, 0.6) is 11.5 Å². The van der Waals surface area contributed by atoms with Gasteiger partial charge in [0.15, 0.2) is 23.2 Å². The molecule has 0 fully saturated rings. The minimum atomic E-state index is -1.08. The van der Waals surface area contributed by atoms with Crippen LogP contribution in [0.15, 0.2) is 42.3 Å². The Bertz CT molecular complexity index is 1310. The van der Waals surface area contributed by atoms with Gasteiger partial charge in [0.05, 0.1) is 11.9 Å². The number of ether oxygens (including phenoxy) is 2.